The van der Waals surface area contributed by atoms with Gasteiger partial charge in [-0.05, 0) is 12.1 Å². The highest BCUT2D eigenvalue weighted by Gasteiger charge is 2.30. The zero-order valence-electron chi connectivity index (χ0n) is 14.2. The molecule has 0 fully saturated rings. The second-order valence-corrected chi connectivity index (χ2v) is 7.12. The Bertz CT molecular complexity index is 842. The van der Waals surface area contributed by atoms with Crippen molar-refractivity contribution in [1.29, 1.82) is 0 Å². The molecule has 2 aromatic rings. The van der Waals surface area contributed by atoms with E-state index >= 15 is 0 Å². The third-order valence-electron chi connectivity index (χ3n) is 4.25. The molecule has 6 nitrogen and oxygen atoms in total. The molecule has 126 valence electrons. The van der Waals surface area contributed by atoms with Crippen molar-refractivity contribution in [3.05, 3.63) is 36.0 Å². The van der Waals surface area contributed by atoms with E-state index in [2.05, 4.69) is 25.9 Å². The van der Waals surface area contributed by atoms with Crippen LogP contribution in [0.2, 0.25) is 0 Å². The smallest absolute Gasteiger partial charge is 0.290 e. The van der Waals surface area contributed by atoms with E-state index in [-0.39, 0.29) is 24.3 Å². The largest absolute Gasteiger partial charge is 0.370 e. The topological polar surface area (TPSA) is 80.7 Å². The van der Waals surface area contributed by atoms with Crippen molar-refractivity contribution in [2.45, 2.75) is 33.7 Å². The molecule has 1 aliphatic rings. The summed E-state index contributed by atoms with van der Waals surface area (Å²) in [4.78, 5) is 24.1. The van der Waals surface area contributed by atoms with Gasteiger partial charge in [0.15, 0.2) is 0 Å². The summed E-state index contributed by atoms with van der Waals surface area (Å²) in [6, 6.07) is 9.80. The van der Waals surface area contributed by atoms with E-state index in [1.807, 2.05) is 34.9 Å². The van der Waals surface area contributed by atoms with Crippen molar-refractivity contribution in [3.8, 4) is 0 Å². The number of nitrogens with two attached hydrogens (primary N) is 1. The van der Waals surface area contributed by atoms with E-state index in [1.165, 1.54) is 5.01 Å². The highest BCUT2D eigenvalue weighted by atomic mass is 16.2. The minimum absolute atomic E-state index is 0.0902. The van der Waals surface area contributed by atoms with Crippen LogP contribution >= 0.6 is 0 Å². The average molecular weight is 326 g/mol. The van der Waals surface area contributed by atoms with Crippen LogP contribution in [0, 0.1) is 5.41 Å². The first kappa shape index (κ1) is 16.2. The van der Waals surface area contributed by atoms with Gasteiger partial charge in [-0.25, -0.2) is 5.01 Å². The molecule has 0 unspecified atom stereocenters. The molecule has 2 N–H and O–H groups in total. The van der Waals surface area contributed by atoms with Crippen LogP contribution in [0.3, 0.4) is 0 Å². The fourth-order valence-electron chi connectivity index (χ4n) is 2.82. The van der Waals surface area contributed by atoms with Crippen LogP contribution in [0.4, 0.5) is 0 Å². The molecular formula is C18H22N4O2. The molecule has 1 aromatic carbocycles. The zero-order chi connectivity index (χ0) is 17.5. The Morgan fingerprint density at radius 2 is 2.00 bits per heavy atom. The summed E-state index contributed by atoms with van der Waals surface area (Å²) in [5.41, 5.74) is 7.53. The van der Waals surface area contributed by atoms with E-state index in [4.69, 9.17) is 5.73 Å². The Morgan fingerprint density at radius 3 is 2.67 bits per heavy atom. The second kappa shape index (κ2) is 5.78. The van der Waals surface area contributed by atoms with Gasteiger partial charge in [-0.15, -0.1) is 0 Å². The highest BCUT2D eigenvalue weighted by molar-refractivity contribution is 6.02. The van der Waals surface area contributed by atoms with Gasteiger partial charge in [-0.1, -0.05) is 39.0 Å². The maximum absolute atomic E-state index is 12.9. The highest BCUT2D eigenvalue weighted by Crippen LogP contribution is 2.27. The van der Waals surface area contributed by atoms with Gasteiger partial charge in [0.05, 0.1) is 18.8 Å². The fourth-order valence-corrected chi connectivity index (χ4v) is 2.82. The van der Waals surface area contributed by atoms with Crippen LogP contribution < -0.4 is 5.73 Å². The van der Waals surface area contributed by atoms with Crippen LogP contribution in [0.5, 0.6) is 0 Å². The average Bonchev–Trinajstić information content (AvgIpc) is 2.80. The van der Waals surface area contributed by atoms with Crippen LogP contribution in [0.25, 0.3) is 10.9 Å². The minimum Gasteiger partial charge on any atom is -0.370 e. The lowest BCUT2D eigenvalue weighted by atomic mass is 9.90. The number of nitrogens with zero attached hydrogens (tertiary/aromatic N) is 3. The summed E-state index contributed by atoms with van der Waals surface area (Å²) < 4.78 is 2.01. The molecule has 0 bridgehead atoms. The van der Waals surface area contributed by atoms with Crippen molar-refractivity contribution < 1.29 is 9.59 Å². The van der Waals surface area contributed by atoms with Crippen molar-refractivity contribution in [2.24, 2.45) is 16.3 Å². The molecular weight excluding hydrogens is 304 g/mol. The SMILES string of the molecule is CC(C)(C)C1=NN(CCC(N)=O)C(=O)c2cc3ccccc3n2C1. The van der Waals surface area contributed by atoms with E-state index in [9.17, 15) is 9.59 Å². The summed E-state index contributed by atoms with van der Waals surface area (Å²) in [7, 11) is 0. The maximum Gasteiger partial charge on any atom is 0.290 e. The Morgan fingerprint density at radius 1 is 1.29 bits per heavy atom. The fraction of sp³-hybridized carbons (Fsp3) is 0.389. The van der Waals surface area contributed by atoms with Crippen molar-refractivity contribution in [3.63, 3.8) is 0 Å². The van der Waals surface area contributed by atoms with Gasteiger partial charge in [0.25, 0.3) is 5.91 Å². The van der Waals surface area contributed by atoms with Gasteiger partial charge in [0.1, 0.15) is 5.69 Å². The normalized spacial score (nSPS) is 15.2. The Hall–Kier alpha value is -2.63. The first-order valence-electron chi connectivity index (χ1n) is 8.04. The maximum atomic E-state index is 12.9. The molecule has 24 heavy (non-hydrogen) atoms. The van der Waals surface area contributed by atoms with Gasteiger partial charge in [-0.3, -0.25) is 9.59 Å². The number of hydrogen-bond acceptors (Lipinski definition) is 3. The number of aromatic nitrogens is 1. The lowest BCUT2D eigenvalue weighted by molar-refractivity contribution is -0.118. The number of amides is 2. The monoisotopic (exact) mass is 326 g/mol. The number of carbonyl (C=O) groups is 2. The van der Waals surface area contributed by atoms with Crippen LogP contribution in [0.15, 0.2) is 35.4 Å². The molecule has 0 saturated heterocycles. The lowest BCUT2D eigenvalue weighted by Crippen LogP contribution is -2.31. The lowest BCUT2D eigenvalue weighted by Gasteiger charge is -2.23. The quantitative estimate of drug-likeness (QED) is 0.939. The zero-order valence-corrected chi connectivity index (χ0v) is 14.2. The predicted octanol–water partition coefficient (Wildman–Crippen LogP) is 2.37. The van der Waals surface area contributed by atoms with Gasteiger partial charge in [-0.2, -0.15) is 5.10 Å². The molecule has 0 atom stereocenters. The van der Waals surface area contributed by atoms with Crippen LogP contribution in [-0.2, 0) is 11.3 Å². The molecule has 0 spiro atoms. The first-order valence-corrected chi connectivity index (χ1v) is 8.04. The number of para-hydroxylation sites is 1. The molecule has 0 saturated carbocycles. The Labute approximate surface area is 140 Å². The third-order valence-corrected chi connectivity index (χ3v) is 4.25. The van der Waals surface area contributed by atoms with Crippen molar-refractivity contribution in [1.82, 2.24) is 9.58 Å². The molecule has 3 rings (SSSR count). The number of fused-ring (bicyclic) bond motifs is 3. The number of benzene rings is 1. The van der Waals surface area contributed by atoms with E-state index in [1.54, 1.807) is 0 Å². The van der Waals surface area contributed by atoms with Gasteiger partial charge >= 0.3 is 0 Å². The molecule has 0 radical (unpaired) electrons. The standard InChI is InChI=1S/C18H22N4O2/c1-18(2,3)15-11-21-13-7-5-4-6-12(13)10-14(21)17(24)22(20-15)9-8-16(19)23/h4-7,10H,8-9,11H2,1-3H3,(H2,19,23). The first-order chi connectivity index (χ1) is 11.3. The Balaban J connectivity index is 2.12. The number of carbonyl (C=O) groups excluding carboxylic acids is 2. The summed E-state index contributed by atoms with van der Waals surface area (Å²) in [6.07, 6.45) is 0.0902. The second-order valence-electron chi connectivity index (χ2n) is 7.12. The van der Waals surface area contributed by atoms with E-state index in [0.717, 1.165) is 16.6 Å². The number of hydrogen-bond donors (Lipinski definition) is 1. The minimum atomic E-state index is -0.444. The molecule has 6 heteroatoms. The molecule has 1 aromatic heterocycles. The summed E-state index contributed by atoms with van der Waals surface area (Å²) in [5, 5.41) is 6.96. The number of rotatable bonds is 3. The Kier molecular flexibility index (Phi) is 3.91. The molecule has 2 heterocycles. The number of hydrazone groups is 1. The van der Waals surface area contributed by atoms with Crippen LogP contribution in [-0.4, -0.2) is 33.6 Å². The molecule has 1 aliphatic heterocycles. The van der Waals surface area contributed by atoms with Gasteiger partial charge < -0.3 is 10.3 Å². The summed E-state index contributed by atoms with van der Waals surface area (Å²) in [6.45, 7) is 6.94. The number of primary amides is 1. The van der Waals surface area contributed by atoms with Crippen molar-refractivity contribution in [2.75, 3.05) is 6.54 Å². The molecule has 0 aliphatic carbocycles. The van der Waals surface area contributed by atoms with Crippen molar-refractivity contribution >= 4 is 28.4 Å². The van der Waals surface area contributed by atoms with Gasteiger partial charge in [0.2, 0.25) is 5.91 Å². The predicted molar refractivity (Wildman–Crippen MR) is 93.7 cm³/mol. The van der Waals surface area contributed by atoms with E-state index < -0.39 is 5.91 Å². The van der Waals surface area contributed by atoms with Gasteiger partial charge in [0, 0.05) is 22.7 Å². The summed E-state index contributed by atoms with van der Waals surface area (Å²) >= 11 is 0. The third kappa shape index (κ3) is 2.91. The van der Waals surface area contributed by atoms with Crippen LogP contribution in [0.1, 0.15) is 37.7 Å². The molecule has 2 amide bonds. The summed E-state index contributed by atoms with van der Waals surface area (Å²) in [5.74, 6) is -0.646. The van der Waals surface area contributed by atoms with E-state index in [0.29, 0.717) is 12.2 Å².